The molecule has 0 bridgehead atoms. The van der Waals surface area contributed by atoms with E-state index >= 15 is 0 Å². The molecule has 0 radical (unpaired) electrons. The lowest BCUT2D eigenvalue weighted by atomic mass is 10.0. The molecule has 0 fully saturated rings. The molecule has 0 aliphatic rings. The zero-order chi connectivity index (χ0) is 14.2. The van der Waals surface area contributed by atoms with Crippen LogP contribution in [0, 0.1) is 0 Å². The number of hydrazine groups is 1. The molecule has 1 heterocycles. The number of aromatic nitrogens is 1. The van der Waals surface area contributed by atoms with Crippen molar-refractivity contribution in [2.75, 3.05) is 26.9 Å². The minimum Gasteiger partial charge on any atom is -0.382 e. The van der Waals surface area contributed by atoms with Gasteiger partial charge in [0, 0.05) is 31.5 Å². The highest BCUT2D eigenvalue weighted by atomic mass is 16.5. The summed E-state index contributed by atoms with van der Waals surface area (Å²) in [4.78, 5) is 4.28. The lowest BCUT2D eigenvalue weighted by Gasteiger charge is -2.18. The summed E-state index contributed by atoms with van der Waals surface area (Å²) in [6, 6.07) is 8.19. The number of hydrogen-bond acceptors (Lipinski definition) is 5. The van der Waals surface area contributed by atoms with Gasteiger partial charge < -0.3 is 9.47 Å². The van der Waals surface area contributed by atoms with Gasteiger partial charge in [0.05, 0.1) is 19.3 Å². The van der Waals surface area contributed by atoms with Crippen LogP contribution in [0.3, 0.4) is 0 Å². The van der Waals surface area contributed by atoms with E-state index in [2.05, 4.69) is 22.5 Å². The smallest absolute Gasteiger partial charge is 0.0700 e. The van der Waals surface area contributed by atoms with Crippen molar-refractivity contribution in [2.24, 2.45) is 5.84 Å². The summed E-state index contributed by atoms with van der Waals surface area (Å²) in [5, 5.41) is 2.29. The fourth-order valence-corrected chi connectivity index (χ4v) is 2.19. The molecule has 5 nitrogen and oxygen atoms in total. The van der Waals surface area contributed by atoms with Crippen molar-refractivity contribution < 1.29 is 9.47 Å². The molecule has 1 aromatic heterocycles. The highest BCUT2D eigenvalue weighted by molar-refractivity contribution is 5.85. The van der Waals surface area contributed by atoms with Crippen LogP contribution in [-0.4, -0.2) is 31.9 Å². The van der Waals surface area contributed by atoms with Crippen LogP contribution in [0.1, 0.15) is 18.0 Å². The molecule has 20 heavy (non-hydrogen) atoms. The van der Waals surface area contributed by atoms with E-state index in [1.807, 2.05) is 24.5 Å². The van der Waals surface area contributed by atoms with Gasteiger partial charge in [-0.25, -0.2) is 0 Å². The van der Waals surface area contributed by atoms with Gasteiger partial charge in [-0.05, 0) is 17.4 Å². The van der Waals surface area contributed by atoms with E-state index in [4.69, 9.17) is 15.3 Å². The Morgan fingerprint density at radius 2 is 2.05 bits per heavy atom. The van der Waals surface area contributed by atoms with Crippen molar-refractivity contribution in [3.05, 3.63) is 42.2 Å². The Labute approximate surface area is 119 Å². The first-order valence-electron chi connectivity index (χ1n) is 6.72. The SMILES string of the molecule is COCCOCCC(NN)c1cncc2ccccc12. The van der Waals surface area contributed by atoms with E-state index in [0.717, 1.165) is 17.4 Å². The van der Waals surface area contributed by atoms with Crippen LogP contribution in [0.4, 0.5) is 0 Å². The van der Waals surface area contributed by atoms with Crippen molar-refractivity contribution in [1.29, 1.82) is 0 Å². The molecule has 2 aromatic rings. The zero-order valence-electron chi connectivity index (χ0n) is 11.7. The third-order valence-corrected chi connectivity index (χ3v) is 3.26. The Kier molecular flexibility index (Phi) is 5.88. The molecule has 0 saturated heterocycles. The van der Waals surface area contributed by atoms with Crippen molar-refractivity contribution in [1.82, 2.24) is 10.4 Å². The van der Waals surface area contributed by atoms with Crippen LogP contribution in [0.2, 0.25) is 0 Å². The molecular weight excluding hydrogens is 254 g/mol. The summed E-state index contributed by atoms with van der Waals surface area (Å²) in [6.07, 6.45) is 4.51. The molecule has 3 N–H and O–H groups in total. The molecule has 5 heteroatoms. The van der Waals surface area contributed by atoms with E-state index in [-0.39, 0.29) is 6.04 Å². The zero-order valence-corrected chi connectivity index (χ0v) is 11.7. The fraction of sp³-hybridized carbons (Fsp3) is 0.400. The number of hydrogen-bond donors (Lipinski definition) is 2. The minimum absolute atomic E-state index is 0.0242. The third kappa shape index (κ3) is 3.74. The lowest BCUT2D eigenvalue weighted by molar-refractivity contribution is 0.0658. The lowest BCUT2D eigenvalue weighted by Crippen LogP contribution is -2.29. The number of fused-ring (bicyclic) bond motifs is 1. The van der Waals surface area contributed by atoms with Crippen LogP contribution < -0.4 is 11.3 Å². The van der Waals surface area contributed by atoms with Crippen LogP contribution in [-0.2, 0) is 9.47 Å². The summed E-state index contributed by atoms with van der Waals surface area (Å²) in [7, 11) is 1.66. The molecule has 0 saturated carbocycles. The molecule has 2 rings (SSSR count). The summed E-state index contributed by atoms with van der Waals surface area (Å²) in [5.41, 5.74) is 3.95. The Bertz CT molecular complexity index is 528. The Hall–Kier alpha value is -1.53. The van der Waals surface area contributed by atoms with E-state index < -0.39 is 0 Å². The van der Waals surface area contributed by atoms with E-state index in [0.29, 0.717) is 19.8 Å². The molecule has 0 amide bonds. The van der Waals surface area contributed by atoms with Crippen LogP contribution in [0.25, 0.3) is 10.8 Å². The first-order valence-corrected chi connectivity index (χ1v) is 6.72. The standard InChI is InChI=1S/C15H21N3O2/c1-19-8-9-20-7-6-15(18-16)14-11-17-10-12-4-2-3-5-13(12)14/h2-5,10-11,15,18H,6-9,16H2,1H3. The Morgan fingerprint density at radius 1 is 1.20 bits per heavy atom. The fourth-order valence-electron chi connectivity index (χ4n) is 2.19. The molecule has 0 spiro atoms. The largest absolute Gasteiger partial charge is 0.382 e. The van der Waals surface area contributed by atoms with E-state index in [9.17, 15) is 0 Å². The van der Waals surface area contributed by atoms with Crippen molar-refractivity contribution in [3.8, 4) is 0 Å². The summed E-state index contributed by atoms with van der Waals surface area (Å²) in [6.45, 7) is 1.83. The Morgan fingerprint density at radius 3 is 2.85 bits per heavy atom. The summed E-state index contributed by atoms with van der Waals surface area (Å²) in [5.74, 6) is 5.68. The number of ether oxygens (including phenoxy) is 2. The van der Waals surface area contributed by atoms with Crippen LogP contribution in [0.15, 0.2) is 36.7 Å². The van der Waals surface area contributed by atoms with Gasteiger partial charge in [-0.2, -0.15) is 0 Å². The topological polar surface area (TPSA) is 69.4 Å². The first kappa shape index (κ1) is 14.9. The number of nitrogens with two attached hydrogens (primary N) is 1. The minimum atomic E-state index is 0.0242. The molecular formula is C15H21N3O2. The average Bonchev–Trinajstić information content (AvgIpc) is 2.51. The predicted molar refractivity (Wildman–Crippen MR) is 79.1 cm³/mol. The number of rotatable bonds is 8. The molecule has 0 aliphatic heterocycles. The van der Waals surface area contributed by atoms with Gasteiger partial charge in [0.2, 0.25) is 0 Å². The maximum absolute atomic E-state index is 5.68. The summed E-state index contributed by atoms with van der Waals surface area (Å²) >= 11 is 0. The highest BCUT2D eigenvalue weighted by Crippen LogP contribution is 2.24. The van der Waals surface area contributed by atoms with Gasteiger partial charge in [0.15, 0.2) is 0 Å². The van der Waals surface area contributed by atoms with Crippen molar-refractivity contribution in [3.63, 3.8) is 0 Å². The molecule has 1 unspecified atom stereocenters. The van der Waals surface area contributed by atoms with E-state index in [1.54, 1.807) is 7.11 Å². The number of benzene rings is 1. The van der Waals surface area contributed by atoms with Gasteiger partial charge in [-0.15, -0.1) is 0 Å². The van der Waals surface area contributed by atoms with Gasteiger partial charge >= 0.3 is 0 Å². The monoisotopic (exact) mass is 275 g/mol. The second-order valence-corrected chi connectivity index (χ2v) is 4.56. The number of nitrogens with zero attached hydrogens (tertiary/aromatic N) is 1. The highest BCUT2D eigenvalue weighted by Gasteiger charge is 2.13. The normalized spacial score (nSPS) is 12.7. The maximum Gasteiger partial charge on any atom is 0.0700 e. The molecule has 1 atom stereocenters. The maximum atomic E-state index is 5.68. The van der Waals surface area contributed by atoms with Crippen molar-refractivity contribution >= 4 is 10.8 Å². The molecule has 1 aromatic carbocycles. The van der Waals surface area contributed by atoms with Gasteiger partial charge in [0.1, 0.15) is 0 Å². The Balaban J connectivity index is 2.05. The first-order chi connectivity index (χ1) is 9.86. The van der Waals surface area contributed by atoms with Gasteiger partial charge in [-0.1, -0.05) is 24.3 Å². The molecule has 108 valence electrons. The van der Waals surface area contributed by atoms with E-state index in [1.165, 1.54) is 5.39 Å². The van der Waals surface area contributed by atoms with Gasteiger partial charge in [0.25, 0.3) is 0 Å². The second kappa shape index (κ2) is 7.91. The van der Waals surface area contributed by atoms with Crippen LogP contribution >= 0.6 is 0 Å². The number of nitrogens with one attached hydrogen (secondary N) is 1. The van der Waals surface area contributed by atoms with Crippen LogP contribution in [0.5, 0.6) is 0 Å². The second-order valence-electron chi connectivity index (χ2n) is 4.56. The number of methoxy groups -OCH3 is 1. The number of pyridine rings is 1. The molecule has 0 aliphatic carbocycles. The summed E-state index contributed by atoms with van der Waals surface area (Å²) < 4.78 is 10.4. The average molecular weight is 275 g/mol. The quantitative estimate of drug-likeness (QED) is 0.437. The van der Waals surface area contributed by atoms with Gasteiger partial charge in [-0.3, -0.25) is 16.3 Å². The predicted octanol–water partition coefficient (Wildman–Crippen LogP) is 1.79. The van der Waals surface area contributed by atoms with Crippen molar-refractivity contribution in [2.45, 2.75) is 12.5 Å². The third-order valence-electron chi connectivity index (χ3n) is 3.26.